The summed E-state index contributed by atoms with van der Waals surface area (Å²) in [6.45, 7) is 0.289. The first-order valence-electron chi connectivity index (χ1n) is 8.31. The summed E-state index contributed by atoms with van der Waals surface area (Å²) in [6, 6.07) is 18.2. The highest BCUT2D eigenvalue weighted by atomic mass is 79.9. The fourth-order valence-electron chi connectivity index (χ4n) is 2.35. The molecule has 0 unspecified atom stereocenters. The number of hydrogen-bond acceptors (Lipinski definition) is 5. The van der Waals surface area contributed by atoms with Crippen molar-refractivity contribution in [3.8, 4) is 11.8 Å². The van der Waals surface area contributed by atoms with Gasteiger partial charge in [-0.1, -0.05) is 18.2 Å². The summed E-state index contributed by atoms with van der Waals surface area (Å²) in [5.74, 6) is 0.309. The average molecular weight is 435 g/mol. The van der Waals surface area contributed by atoms with Crippen LogP contribution in [-0.4, -0.2) is 17.1 Å². The Balaban J connectivity index is 1.61. The van der Waals surface area contributed by atoms with Gasteiger partial charge in [-0.15, -0.1) is 0 Å². The Morgan fingerprint density at radius 2 is 2.11 bits per heavy atom. The second-order valence-electron chi connectivity index (χ2n) is 5.69. The number of aromatic nitrogens is 1. The second kappa shape index (κ2) is 9.44. The monoisotopic (exact) mass is 434 g/mol. The lowest BCUT2D eigenvalue weighted by Crippen LogP contribution is -2.17. The molecule has 7 heteroatoms. The van der Waals surface area contributed by atoms with Gasteiger partial charge >= 0.3 is 0 Å². The smallest absolute Gasteiger partial charge is 0.272 e. The number of nitriles is 1. The lowest BCUT2D eigenvalue weighted by Gasteiger charge is -2.10. The largest absolute Gasteiger partial charge is 0.488 e. The van der Waals surface area contributed by atoms with Crippen molar-refractivity contribution >= 4 is 28.1 Å². The van der Waals surface area contributed by atoms with Gasteiger partial charge in [0.15, 0.2) is 0 Å². The van der Waals surface area contributed by atoms with Crippen molar-refractivity contribution in [2.24, 2.45) is 5.10 Å². The quantitative estimate of drug-likeness (QED) is 0.467. The summed E-state index contributed by atoms with van der Waals surface area (Å²) < 4.78 is 6.54. The molecule has 0 aliphatic carbocycles. The Bertz CT molecular complexity index is 1050. The van der Waals surface area contributed by atoms with E-state index >= 15 is 0 Å². The van der Waals surface area contributed by atoms with E-state index in [1.165, 1.54) is 12.4 Å². The number of benzene rings is 2. The summed E-state index contributed by atoms with van der Waals surface area (Å²) >= 11 is 3.47. The van der Waals surface area contributed by atoms with Crippen LogP contribution >= 0.6 is 15.9 Å². The molecule has 2 aromatic carbocycles. The summed E-state index contributed by atoms with van der Waals surface area (Å²) in [7, 11) is 0. The predicted octanol–water partition coefficient (Wildman–Crippen LogP) is 4.06. The maximum atomic E-state index is 11.9. The van der Waals surface area contributed by atoms with E-state index in [0.717, 1.165) is 15.6 Å². The Morgan fingerprint density at radius 3 is 2.86 bits per heavy atom. The van der Waals surface area contributed by atoms with Crippen molar-refractivity contribution in [3.63, 3.8) is 0 Å². The van der Waals surface area contributed by atoms with Gasteiger partial charge in [-0.2, -0.15) is 10.4 Å². The van der Waals surface area contributed by atoms with Crippen LogP contribution in [0.25, 0.3) is 0 Å². The van der Waals surface area contributed by atoms with E-state index in [4.69, 9.17) is 10.00 Å². The summed E-state index contributed by atoms with van der Waals surface area (Å²) in [5.41, 5.74) is 5.08. The zero-order valence-electron chi connectivity index (χ0n) is 14.7. The van der Waals surface area contributed by atoms with Crippen molar-refractivity contribution in [2.75, 3.05) is 0 Å². The molecular formula is C21H15BrN4O2. The molecule has 1 amide bonds. The highest BCUT2D eigenvalue weighted by Gasteiger charge is 2.06. The molecule has 6 nitrogen and oxygen atoms in total. The number of hydrazone groups is 1. The van der Waals surface area contributed by atoms with E-state index in [1.807, 2.05) is 30.3 Å². The van der Waals surface area contributed by atoms with Crippen LogP contribution in [0, 0.1) is 11.3 Å². The number of rotatable bonds is 6. The van der Waals surface area contributed by atoms with Gasteiger partial charge in [0.05, 0.1) is 27.9 Å². The highest BCUT2D eigenvalue weighted by Crippen LogP contribution is 2.26. The number of nitrogens with one attached hydrogen (secondary N) is 1. The minimum absolute atomic E-state index is 0.289. The van der Waals surface area contributed by atoms with Crippen molar-refractivity contribution < 1.29 is 9.53 Å². The molecule has 0 aliphatic rings. The Hall–Kier alpha value is -3.50. The molecule has 0 saturated heterocycles. The van der Waals surface area contributed by atoms with Gasteiger partial charge < -0.3 is 4.74 Å². The van der Waals surface area contributed by atoms with Gasteiger partial charge in [0, 0.05) is 18.0 Å². The van der Waals surface area contributed by atoms with Crippen LogP contribution in [0.2, 0.25) is 0 Å². The van der Waals surface area contributed by atoms with Gasteiger partial charge in [-0.25, -0.2) is 5.43 Å². The SMILES string of the molecule is N#Cc1ccccc1COc1ccc(/C=N\NC(=O)c2cccnc2)cc1Br. The van der Waals surface area contributed by atoms with E-state index in [9.17, 15) is 4.79 Å². The Morgan fingerprint density at radius 1 is 1.25 bits per heavy atom. The third-order valence-electron chi connectivity index (χ3n) is 3.78. The zero-order chi connectivity index (χ0) is 19.8. The van der Waals surface area contributed by atoms with Gasteiger partial charge in [-0.05, 0) is 57.9 Å². The number of carbonyl (C=O) groups excluding carboxylic acids is 1. The zero-order valence-corrected chi connectivity index (χ0v) is 16.3. The standard InChI is InChI=1S/C21H15BrN4O2/c22-19-10-15(12-25-26-21(27)17-6-3-9-24-13-17)7-8-20(19)28-14-18-5-2-1-4-16(18)11-23/h1-10,12-13H,14H2,(H,26,27)/b25-12-. The molecule has 3 rings (SSSR count). The van der Waals surface area contributed by atoms with Crippen molar-refractivity contribution in [3.05, 3.63) is 93.7 Å². The molecule has 0 spiro atoms. The third kappa shape index (κ3) is 5.02. The van der Waals surface area contributed by atoms with Crippen LogP contribution in [0.4, 0.5) is 0 Å². The molecule has 0 saturated carbocycles. The Kier molecular flexibility index (Phi) is 6.50. The molecule has 3 aromatic rings. The molecular weight excluding hydrogens is 420 g/mol. The number of ether oxygens (including phenoxy) is 1. The number of amides is 1. The maximum Gasteiger partial charge on any atom is 0.272 e. The van der Waals surface area contributed by atoms with Crippen LogP contribution < -0.4 is 10.2 Å². The summed E-state index contributed by atoms with van der Waals surface area (Å²) in [4.78, 5) is 15.8. The van der Waals surface area contributed by atoms with Crippen molar-refractivity contribution in [1.29, 1.82) is 5.26 Å². The molecule has 0 fully saturated rings. The number of halogens is 1. The fourth-order valence-corrected chi connectivity index (χ4v) is 2.86. The van der Waals surface area contributed by atoms with Crippen LogP contribution in [0.3, 0.4) is 0 Å². The maximum absolute atomic E-state index is 11.9. The van der Waals surface area contributed by atoms with Crippen LogP contribution in [0.5, 0.6) is 5.75 Å². The molecule has 138 valence electrons. The normalized spacial score (nSPS) is 10.4. The molecule has 0 radical (unpaired) electrons. The van der Waals surface area contributed by atoms with Crippen LogP contribution in [0.15, 0.2) is 76.6 Å². The van der Waals surface area contributed by atoms with E-state index in [1.54, 1.807) is 30.5 Å². The molecule has 1 aromatic heterocycles. The highest BCUT2D eigenvalue weighted by molar-refractivity contribution is 9.10. The number of nitrogens with zero attached hydrogens (tertiary/aromatic N) is 3. The van der Waals surface area contributed by atoms with E-state index in [-0.39, 0.29) is 12.5 Å². The molecule has 0 bridgehead atoms. The lowest BCUT2D eigenvalue weighted by atomic mass is 10.1. The van der Waals surface area contributed by atoms with Crippen LogP contribution in [-0.2, 0) is 6.61 Å². The minimum atomic E-state index is -0.334. The van der Waals surface area contributed by atoms with E-state index in [0.29, 0.717) is 16.9 Å². The summed E-state index contributed by atoms with van der Waals surface area (Å²) in [5, 5.41) is 13.1. The van der Waals surface area contributed by atoms with Gasteiger partial charge in [0.2, 0.25) is 0 Å². The van der Waals surface area contributed by atoms with Gasteiger partial charge in [0.1, 0.15) is 12.4 Å². The third-order valence-corrected chi connectivity index (χ3v) is 4.40. The fraction of sp³-hybridized carbons (Fsp3) is 0.0476. The summed E-state index contributed by atoms with van der Waals surface area (Å²) in [6.07, 6.45) is 4.60. The first kappa shape index (κ1) is 19.3. The van der Waals surface area contributed by atoms with Crippen molar-refractivity contribution in [2.45, 2.75) is 6.61 Å². The van der Waals surface area contributed by atoms with Gasteiger partial charge in [-0.3, -0.25) is 9.78 Å². The Labute approximate surface area is 170 Å². The molecule has 0 aliphatic heterocycles. The topological polar surface area (TPSA) is 87.4 Å². The number of hydrogen-bond donors (Lipinski definition) is 1. The van der Waals surface area contributed by atoms with E-state index < -0.39 is 0 Å². The van der Waals surface area contributed by atoms with E-state index in [2.05, 4.69) is 37.5 Å². The van der Waals surface area contributed by atoms with Crippen molar-refractivity contribution in [1.82, 2.24) is 10.4 Å². The number of carbonyl (C=O) groups is 1. The first-order chi connectivity index (χ1) is 13.7. The second-order valence-corrected chi connectivity index (χ2v) is 6.54. The van der Waals surface area contributed by atoms with Gasteiger partial charge in [0.25, 0.3) is 5.91 Å². The minimum Gasteiger partial charge on any atom is -0.488 e. The molecule has 28 heavy (non-hydrogen) atoms. The predicted molar refractivity (Wildman–Crippen MR) is 109 cm³/mol. The molecule has 1 N–H and O–H groups in total. The number of pyridine rings is 1. The molecule has 0 atom stereocenters. The molecule has 1 heterocycles. The van der Waals surface area contributed by atoms with Crippen LogP contribution in [0.1, 0.15) is 27.0 Å². The first-order valence-corrected chi connectivity index (χ1v) is 9.10. The lowest BCUT2D eigenvalue weighted by molar-refractivity contribution is 0.0955. The average Bonchev–Trinajstić information content (AvgIpc) is 2.74.